The summed E-state index contributed by atoms with van der Waals surface area (Å²) in [5, 5.41) is 13.0. The van der Waals surface area contributed by atoms with Crippen LogP contribution in [0.25, 0.3) is 0 Å². The van der Waals surface area contributed by atoms with Gasteiger partial charge in [-0.25, -0.2) is 4.79 Å². The SMILES string of the molecule is COC(=O)C[C@@H](NC(=O)[C@H]1CC[C@]2(C)[C@H]3C(=O)C=C4[C@@H]5C[C@@](C)(C(=O)O)CC[C@]5(C)CC[C@@]4(C)[C@]3(C)CC[C@H]2C1(C)C)C(=O)OC. The zero-order valence-electron chi connectivity index (χ0n) is 29.3. The molecular weight excluding hydrogens is 586 g/mol. The molecule has 5 rings (SSSR count). The highest BCUT2D eigenvalue weighted by atomic mass is 16.5. The summed E-state index contributed by atoms with van der Waals surface area (Å²) in [7, 11) is 2.46. The number of rotatable bonds is 6. The molecule has 1 amide bonds. The number of fused-ring (bicyclic) bond motifs is 7. The number of allylic oxidation sites excluding steroid dienone is 2. The molecule has 2 N–H and O–H groups in total. The molecule has 0 saturated heterocycles. The maximum absolute atomic E-state index is 14.6. The Balaban J connectivity index is 1.47. The fourth-order valence-corrected chi connectivity index (χ4v) is 11.7. The van der Waals surface area contributed by atoms with E-state index >= 15 is 0 Å². The molecule has 4 fully saturated rings. The number of carbonyl (C=O) groups is 5. The van der Waals surface area contributed by atoms with Gasteiger partial charge in [0, 0.05) is 11.8 Å². The largest absolute Gasteiger partial charge is 0.481 e. The van der Waals surface area contributed by atoms with E-state index in [-0.39, 0.29) is 57.5 Å². The molecule has 256 valence electrons. The van der Waals surface area contributed by atoms with Gasteiger partial charge in [-0.05, 0) is 110 Å². The van der Waals surface area contributed by atoms with Crippen molar-refractivity contribution in [3.8, 4) is 0 Å². The third kappa shape index (κ3) is 4.87. The lowest BCUT2D eigenvalue weighted by Crippen LogP contribution is -2.66. The lowest BCUT2D eigenvalue weighted by Gasteiger charge is -2.70. The Morgan fingerprint density at radius 3 is 2.17 bits per heavy atom. The van der Waals surface area contributed by atoms with Gasteiger partial charge < -0.3 is 19.9 Å². The first-order valence-electron chi connectivity index (χ1n) is 17.2. The molecule has 0 aromatic carbocycles. The van der Waals surface area contributed by atoms with Crippen LogP contribution < -0.4 is 5.32 Å². The Morgan fingerprint density at radius 2 is 1.57 bits per heavy atom. The van der Waals surface area contributed by atoms with Crippen LogP contribution in [0.5, 0.6) is 0 Å². The van der Waals surface area contributed by atoms with Crippen LogP contribution in [0.2, 0.25) is 0 Å². The van der Waals surface area contributed by atoms with Crippen molar-refractivity contribution in [1.29, 1.82) is 0 Å². The summed E-state index contributed by atoms with van der Waals surface area (Å²) in [6, 6.07) is -1.13. The van der Waals surface area contributed by atoms with E-state index in [0.29, 0.717) is 25.7 Å². The molecule has 10 atom stereocenters. The van der Waals surface area contributed by atoms with Crippen LogP contribution >= 0.6 is 0 Å². The Bertz CT molecular complexity index is 1370. The number of amides is 1. The molecule has 5 aliphatic rings. The molecule has 46 heavy (non-hydrogen) atoms. The molecule has 0 aromatic heterocycles. The van der Waals surface area contributed by atoms with Crippen molar-refractivity contribution < 1.29 is 38.6 Å². The maximum Gasteiger partial charge on any atom is 0.328 e. The number of methoxy groups -OCH3 is 2. The highest BCUT2D eigenvalue weighted by Gasteiger charge is 2.70. The second-order valence-electron chi connectivity index (χ2n) is 17.3. The molecule has 0 aliphatic heterocycles. The van der Waals surface area contributed by atoms with E-state index in [2.05, 4.69) is 46.9 Å². The second-order valence-corrected chi connectivity index (χ2v) is 17.3. The highest BCUT2D eigenvalue weighted by molar-refractivity contribution is 5.96. The molecule has 0 aromatic rings. The van der Waals surface area contributed by atoms with E-state index in [0.717, 1.165) is 32.1 Å². The normalized spacial score (nSPS) is 43.3. The van der Waals surface area contributed by atoms with Crippen LogP contribution in [0, 0.1) is 56.2 Å². The molecule has 0 heterocycles. The zero-order valence-corrected chi connectivity index (χ0v) is 29.3. The third-order valence-corrected chi connectivity index (χ3v) is 14.8. The molecule has 9 nitrogen and oxygen atoms in total. The quantitative estimate of drug-likeness (QED) is 0.343. The van der Waals surface area contributed by atoms with Crippen LogP contribution in [0.15, 0.2) is 11.6 Å². The molecule has 4 saturated carbocycles. The summed E-state index contributed by atoms with van der Waals surface area (Å²) in [5.41, 5.74) is -0.945. The minimum Gasteiger partial charge on any atom is -0.481 e. The van der Waals surface area contributed by atoms with Crippen molar-refractivity contribution in [2.45, 2.75) is 119 Å². The molecule has 0 radical (unpaired) electrons. The van der Waals surface area contributed by atoms with E-state index in [4.69, 9.17) is 9.47 Å². The number of esters is 2. The molecular formula is C37H55NO8. The first-order chi connectivity index (χ1) is 21.2. The first kappa shape index (κ1) is 34.6. The second kappa shape index (κ2) is 11.2. The lowest BCUT2D eigenvalue weighted by atomic mass is 9.33. The van der Waals surface area contributed by atoms with E-state index in [1.807, 2.05) is 13.0 Å². The Labute approximate surface area is 274 Å². The average molecular weight is 642 g/mol. The molecule has 5 aliphatic carbocycles. The van der Waals surface area contributed by atoms with Crippen LogP contribution in [-0.4, -0.2) is 55.0 Å². The number of carboxylic acid groups (broad SMARTS) is 1. The predicted molar refractivity (Wildman–Crippen MR) is 171 cm³/mol. The Kier molecular flexibility index (Phi) is 8.42. The van der Waals surface area contributed by atoms with Crippen molar-refractivity contribution in [1.82, 2.24) is 5.32 Å². The van der Waals surface area contributed by atoms with Crippen molar-refractivity contribution in [2.24, 2.45) is 56.2 Å². The number of aliphatic carboxylic acids is 1. The summed E-state index contributed by atoms with van der Waals surface area (Å²) in [4.78, 5) is 65.3. The van der Waals surface area contributed by atoms with Gasteiger partial charge in [0.1, 0.15) is 6.04 Å². The van der Waals surface area contributed by atoms with Gasteiger partial charge in [0.15, 0.2) is 5.78 Å². The number of nitrogens with one attached hydrogen (secondary N) is 1. The number of ketones is 1. The minimum atomic E-state index is -1.13. The number of hydrogen-bond donors (Lipinski definition) is 2. The average Bonchev–Trinajstić information content (AvgIpc) is 2.97. The molecule has 9 heteroatoms. The summed E-state index contributed by atoms with van der Waals surface area (Å²) < 4.78 is 9.60. The summed E-state index contributed by atoms with van der Waals surface area (Å²) in [5.74, 6) is -2.64. The van der Waals surface area contributed by atoms with Gasteiger partial charge in [0.2, 0.25) is 5.91 Å². The highest BCUT2D eigenvalue weighted by Crippen LogP contribution is 2.75. The Morgan fingerprint density at radius 1 is 0.913 bits per heavy atom. The van der Waals surface area contributed by atoms with E-state index in [9.17, 15) is 29.1 Å². The molecule has 0 unspecified atom stereocenters. The molecule has 0 bridgehead atoms. The van der Waals surface area contributed by atoms with Gasteiger partial charge in [-0.2, -0.15) is 0 Å². The van der Waals surface area contributed by atoms with Crippen LogP contribution in [0.4, 0.5) is 0 Å². The van der Waals surface area contributed by atoms with Crippen molar-refractivity contribution >= 4 is 29.6 Å². The van der Waals surface area contributed by atoms with Crippen molar-refractivity contribution in [3.63, 3.8) is 0 Å². The van der Waals surface area contributed by atoms with Crippen molar-refractivity contribution in [3.05, 3.63) is 11.6 Å². The van der Waals surface area contributed by atoms with Crippen LogP contribution in [0.1, 0.15) is 113 Å². The lowest BCUT2D eigenvalue weighted by molar-refractivity contribution is -0.195. The maximum atomic E-state index is 14.6. The van der Waals surface area contributed by atoms with E-state index < -0.39 is 40.7 Å². The summed E-state index contributed by atoms with van der Waals surface area (Å²) in [6.07, 6.45) is 8.72. The zero-order chi connectivity index (χ0) is 34.3. The smallest absolute Gasteiger partial charge is 0.328 e. The van der Waals surface area contributed by atoms with Gasteiger partial charge in [0.05, 0.1) is 26.1 Å². The first-order valence-corrected chi connectivity index (χ1v) is 17.2. The Hall–Kier alpha value is -2.71. The topological polar surface area (TPSA) is 136 Å². The van der Waals surface area contributed by atoms with E-state index in [1.165, 1.54) is 19.8 Å². The minimum absolute atomic E-state index is 0.00573. The standard InChI is InChI=1S/C37H55NO8/c1-32(2)21(29(41)38-24(30(42)46-9)19-27(40)45-8)10-12-35(5)26(32)11-13-37(7)28(35)25(39)18-22-23-20-34(4,31(43)44)15-14-33(23,3)16-17-36(22,37)6/h18,21,23-24,26,28H,10-17,19-20H2,1-9H3,(H,38,41)(H,43,44)/t21-,23+,24-,26+,28-,33-,34+,35+,36-,37-/m1/s1. The predicted octanol–water partition coefficient (Wildman–Crippen LogP) is 5.89. The third-order valence-electron chi connectivity index (χ3n) is 14.8. The van der Waals surface area contributed by atoms with Gasteiger partial charge >= 0.3 is 17.9 Å². The number of hydrogen-bond acceptors (Lipinski definition) is 7. The number of carbonyl (C=O) groups excluding carboxylic acids is 4. The molecule has 0 spiro atoms. The van der Waals surface area contributed by atoms with Gasteiger partial charge in [-0.1, -0.05) is 47.1 Å². The van der Waals surface area contributed by atoms with Crippen LogP contribution in [-0.2, 0) is 33.4 Å². The van der Waals surface area contributed by atoms with Gasteiger partial charge in [0.25, 0.3) is 0 Å². The fraction of sp³-hybridized carbons (Fsp3) is 0.811. The van der Waals surface area contributed by atoms with E-state index in [1.54, 1.807) is 0 Å². The number of ether oxygens (including phenoxy) is 2. The van der Waals surface area contributed by atoms with Crippen molar-refractivity contribution in [2.75, 3.05) is 14.2 Å². The summed E-state index contributed by atoms with van der Waals surface area (Å²) >= 11 is 0. The monoisotopic (exact) mass is 641 g/mol. The number of carboxylic acids is 1. The van der Waals surface area contributed by atoms with Gasteiger partial charge in [-0.3, -0.25) is 19.2 Å². The van der Waals surface area contributed by atoms with Crippen LogP contribution in [0.3, 0.4) is 0 Å². The summed E-state index contributed by atoms with van der Waals surface area (Å²) in [6.45, 7) is 15.4. The fourth-order valence-electron chi connectivity index (χ4n) is 11.7. The van der Waals surface area contributed by atoms with Gasteiger partial charge in [-0.15, -0.1) is 0 Å².